The van der Waals surface area contributed by atoms with Crippen molar-refractivity contribution in [1.82, 2.24) is 20.8 Å². The van der Waals surface area contributed by atoms with Gasteiger partial charge in [0.15, 0.2) is 0 Å². The van der Waals surface area contributed by atoms with Crippen LogP contribution in [-0.2, 0) is 4.84 Å². The zero-order valence-corrected chi connectivity index (χ0v) is 17.9. The molecule has 1 aliphatic rings. The number of hydrogen-bond donors (Lipinski definition) is 4. The van der Waals surface area contributed by atoms with Crippen LogP contribution in [-0.4, -0.2) is 23.1 Å². The Bertz CT molecular complexity index is 1360. The zero-order chi connectivity index (χ0) is 22.0. The molecule has 0 fully saturated rings. The molecule has 3 heterocycles. The van der Waals surface area contributed by atoms with Gasteiger partial charge >= 0.3 is 0 Å². The first-order valence-corrected chi connectivity index (χ1v) is 10.1. The van der Waals surface area contributed by atoms with Gasteiger partial charge in [-0.25, -0.2) is 4.98 Å². The van der Waals surface area contributed by atoms with Gasteiger partial charge in [0.25, 0.3) is 5.56 Å². The fraction of sp³-hybridized carbons (Fsp3) is 0.0909. The molecule has 1 aliphatic heterocycles. The molecule has 4 N–H and O–H groups in total. The van der Waals surface area contributed by atoms with E-state index < -0.39 is 0 Å². The first-order valence-electron chi connectivity index (χ1n) is 9.39. The molecule has 0 saturated heterocycles. The van der Waals surface area contributed by atoms with Crippen molar-refractivity contribution in [3.8, 4) is 0 Å². The highest BCUT2D eigenvalue weighted by atomic mass is 35.5. The van der Waals surface area contributed by atoms with Crippen LogP contribution in [0.4, 0.5) is 11.5 Å². The van der Waals surface area contributed by atoms with E-state index in [1.54, 1.807) is 30.5 Å². The smallest absolute Gasteiger partial charge is 0.258 e. The maximum Gasteiger partial charge on any atom is 0.258 e. The van der Waals surface area contributed by atoms with Crippen molar-refractivity contribution in [3.05, 3.63) is 80.0 Å². The lowest BCUT2D eigenvalue weighted by molar-refractivity contribution is 0.104. The van der Waals surface area contributed by atoms with Crippen LogP contribution < -0.4 is 32.1 Å². The predicted molar refractivity (Wildman–Crippen MR) is 127 cm³/mol. The van der Waals surface area contributed by atoms with E-state index >= 15 is 0 Å². The molecular formula is C22H19Cl2N5O2. The van der Waals surface area contributed by atoms with Crippen molar-refractivity contribution in [1.29, 1.82) is 0 Å². The number of aromatic amines is 1. The summed E-state index contributed by atoms with van der Waals surface area (Å²) in [5.41, 5.74) is 4.76. The van der Waals surface area contributed by atoms with E-state index in [9.17, 15) is 4.79 Å². The molecule has 9 heteroatoms. The number of nitrogens with one attached hydrogen (secondary N) is 4. The highest BCUT2D eigenvalue weighted by Crippen LogP contribution is 2.34. The maximum absolute atomic E-state index is 12.4. The molecule has 158 valence electrons. The van der Waals surface area contributed by atoms with E-state index in [0.717, 1.165) is 10.4 Å². The van der Waals surface area contributed by atoms with Crippen LogP contribution in [0.2, 0.25) is 10.0 Å². The summed E-state index contributed by atoms with van der Waals surface area (Å²) in [5.74, 6) is 0.550. The van der Waals surface area contributed by atoms with Gasteiger partial charge in [-0.3, -0.25) is 15.1 Å². The minimum absolute atomic E-state index is 0.203. The molecule has 0 bridgehead atoms. The topological polar surface area (TPSA) is 91.1 Å². The second kappa shape index (κ2) is 8.85. The number of rotatable bonds is 7. The quantitative estimate of drug-likeness (QED) is 0.248. The van der Waals surface area contributed by atoms with E-state index in [4.69, 9.17) is 28.0 Å². The molecule has 0 saturated carbocycles. The molecular weight excluding hydrogens is 437 g/mol. The minimum atomic E-state index is -0.203. The first kappa shape index (κ1) is 21.0. The molecule has 0 radical (unpaired) electrons. The Labute approximate surface area is 187 Å². The number of anilines is 2. The average Bonchev–Trinajstić information content (AvgIpc) is 2.76. The standard InChI is InChI=1S/C22H19Cl2N5O2/c1-3-8-31-29-12(2)13-9-16(23)20(17(24)10-13)28-21-14-4-6-25-11-15(14)19-18(27-21)5-7-26-22(19)30/h3-5,7,9-11,25,29H,1-2,6,8H2,(H,26,30)(H,27,28). The summed E-state index contributed by atoms with van der Waals surface area (Å²) < 4.78 is 0. The predicted octanol–water partition coefficient (Wildman–Crippen LogP) is 2.77. The monoisotopic (exact) mass is 455 g/mol. The van der Waals surface area contributed by atoms with Crippen LogP contribution >= 0.6 is 23.2 Å². The first-order chi connectivity index (χ1) is 15.0. The Kier molecular flexibility index (Phi) is 5.99. The van der Waals surface area contributed by atoms with Gasteiger partial charge in [-0.2, -0.15) is 0 Å². The van der Waals surface area contributed by atoms with E-state index in [0.29, 0.717) is 56.9 Å². The van der Waals surface area contributed by atoms with Crippen molar-refractivity contribution < 1.29 is 4.84 Å². The van der Waals surface area contributed by atoms with Crippen LogP contribution in [0.25, 0.3) is 28.9 Å². The van der Waals surface area contributed by atoms with Gasteiger partial charge in [0.1, 0.15) is 5.82 Å². The van der Waals surface area contributed by atoms with Crippen LogP contribution in [0.15, 0.2) is 48.4 Å². The van der Waals surface area contributed by atoms with Crippen LogP contribution in [0, 0.1) is 0 Å². The molecule has 0 unspecified atom stereocenters. The van der Waals surface area contributed by atoms with Crippen LogP contribution in [0.1, 0.15) is 5.56 Å². The van der Waals surface area contributed by atoms with Gasteiger partial charge in [0, 0.05) is 34.9 Å². The Morgan fingerprint density at radius 3 is 2.81 bits per heavy atom. The summed E-state index contributed by atoms with van der Waals surface area (Å²) >= 11 is 13.1. The fourth-order valence-electron chi connectivity index (χ4n) is 3.27. The zero-order valence-electron chi connectivity index (χ0n) is 16.4. The number of halogens is 2. The molecule has 2 aromatic heterocycles. The lowest BCUT2D eigenvalue weighted by atomic mass is 10.1. The van der Waals surface area contributed by atoms with Crippen molar-refractivity contribution in [3.63, 3.8) is 0 Å². The number of fused-ring (bicyclic) bond motifs is 3. The summed E-state index contributed by atoms with van der Waals surface area (Å²) in [7, 11) is 0. The highest BCUT2D eigenvalue weighted by molar-refractivity contribution is 6.39. The number of hydrogen-bond acceptors (Lipinski definition) is 6. The molecule has 1 aromatic carbocycles. The Morgan fingerprint density at radius 2 is 2.06 bits per heavy atom. The average molecular weight is 456 g/mol. The van der Waals surface area contributed by atoms with E-state index in [-0.39, 0.29) is 5.56 Å². The number of nitrogens with zero attached hydrogens (tertiary/aromatic N) is 1. The largest absolute Gasteiger partial charge is 0.387 e. The molecule has 0 atom stereocenters. The number of aromatic nitrogens is 2. The number of benzene rings is 1. The highest BCUT2D eigenvalue weighted by Gasteiger charge is 2.15. The van der Waals surface area contributed by atoms with E-state index in [2.05, 4.69) is 39.2 Å². The molecule has 0 aliphatic carbocycles. The normalized spacial score (nSPS) is 12.2. The van der Waals surface area contributed by atoms with Crippen LogP contribution in [0.5, 0.6) is 0 Å². The van der Waals surface area contributed by atoms with Gasteiger partial charge in [0.2, 0.25) is 0 Å². The summed E-state index contributed by atoms with van der Waals surface area (Å²) in [6.45, 7) is 8.44. The summed E-state index contributed by atoms with van der Waals surface area (Å²) in [6.07, 6.45) is 6.94. The lowest BCUT2D eigenvalue weighted by Gasteiger charge is -2.16. The number of pyridine rings is 2. The third-order valence-corrected chi connectivity index (χ3v) is 5.28. The van der Waals surface area contributed by atoms with Gasteiger partial charge in [-0.05, 0) is 18.2 Å². The van der Waals surface area contributed by atoms with E-state index in [1.165, 1.54) is 0 Å². The molecule has 7 nitrogen and oxygen atoms in total. The maximum atomic E-state index is 12.4. The van der Waals surface area contributed by atoms with Crippen LogP contribution in [0.3, 0.4) is 0 Å². The number of hydroxylamine groups is 1. The third kappa shape index (κ3) is 4.16. The van der Waals surface area contributed by atoms with Gasteiger partial charge in [-0.1, -0.05) is 41.9 Å². The van der Waals surface area contributed by atoms with Crippen molar-refractivity contribution in [2.75, 3.05) is 18.5 Å². The number of H-pyrrole nitrogens is 1. The molecule has 4 rings (SSSR count). The molecule has 3 aromatic rings. The lowest BCUT2D eigenvalue weighted by Crippen LogP contribution is -2.38. The summed E-state index contributed by atoms with van der Waals surface area (Å²) in [5, 5.41) is 9.20. The SMILES string of the molecule is C=CCONC(=C)c1cc(Cl)c(Nc2nc3cc[nH]c(=O)c3c3c2=CCNC=3)c(Cl)c1. The molecule has 31 heavy (non-hydrogen) atoms. The summed E-state index contributed by atoms with van der Waals surface area (Å²) in [6, 6.07) is 5.19. The second-order valence-corrected chi connectivity index (χ2v) is 7.55. The van der Waals surface area contributed by atoms with Crippen molar-refractivity contribution in [2.24, 2.45) is 0 Å². The van der Waals surface area contributed by atoms with Gasteiger partial charge in [-0.15, -0.1) is 6.58 Å². The van der Waals surface area contributed by atoms with Gasteiger partial charge < -0.3 is 15.6 Å². The fourth-order valence-corrected chi connectivity index (χ4v) is 3.85. The molecule has 0 amide bonds. The third-order valence-electron chi connectivity index (χ3n) is 4.69. The van der Waals surface area contributed by atoms with Crippen molar-refractivity contribution >= 4 is 63.6 Å². The minimum Gasteiger partial charge on any atom is -0.387 e. The molecule has 0 spiro atoms. The summed E-state index contributed by atoms with van der Waals surface area (Å²) in [4.78, 5) is 24.9. The Hall–Kier alpha value is -3.26. The van der Waals surface area contributed by atoms with Gasteiger partial charge in [0.05, 0.1) is 38.9 Å². The Morgan fingerprint density at radius 1 is 1.29 bits per heavy atom. The van der Waals surface area contributed by atoms with E-state index in [1.807, 2.05) is 12.3 Å². The van der Waals surface area contributed by atoms with Crippen molar-refractivity contribution in [2.45, 2.75) is 0 Å². The Balaban J connectivity index is 1.76. The second-order valence-electron chi connectivity index (χ2n) is 6.73.